The van der Waals surface area contributed by atoms with Crippen LogP contribution >= 0.6 is 0 Å². The van der Waals surface area contributed by atoms with Gasteiger partial charge in [0.2, 0.25) is 5.91 Å². The quantitative estimate of drug-likeness (QED) is 0.828. The molecule has 132 valence electrons. The smallest absolute Gasteiger partial charge is 0.305 e. The van der Waals surface area contributed by atoms with Gasteiger partial charge in [-0.25, -0.2) is 9.18 Å². The number of amides is 3. The lowest BCUT2D eigenvalue weighted by atomic mass is 10.3. The van der Waals surface area contributed by atoms with Crippen LogP contribution in [-0.2, 0) is 17.5 Å². The summed E-state index contributed by atoms with van der Waals surface area (Å²) < 4.78 is 51.7. The lowest BCUT2D eigenvalue weighted by Gasteiger charge is -2.11. The van der Waals surface area contributed by atoms with Crippen LogP contribution in [0.15, 0.2) is 47.4 Å². The number of halogens is 4. The third-order valence-corrected chi connectivity index (χ3v) is 3.00. The van der Waals surface area contributed by atoms with E-state index >= 15 is 0 Å². The molecule has 0 atom stereocenters. The fourth-order valence-electron chi connectivity index (χ4n) is 1.86. The van der Waals surface area contributed by atoms with E-state index in [0.29, 0.717) is 22.9 Å². The molecule has 2 rings (SSSR count). The number of hydrogen-bond donors (Lipinski definition) is 2. The first-order chi connectivity index (χ1) is 11.7. The number of benzene rings is 1. The highest BCUT2D eigenvalue weighted by molar-refractivity contribution is 6.01. The normalized spacial score (nSPS) is 11.0. The van der Waals surface area contributed by atoms with E-state index < -0.39 is 41.6 Å². The van der Waals surface area contributed by atoms with Crippen LogP contribution in [0.3, 0.4) is 0 Å². The van der Waals surface area contributed by atoms with Gasteiger partial charge in [0, 0.05) is 12.3 Å². The van der Waals surface area contributed by atoms with Crippen molar-refractivity contribution in [3.8, 4) is 0 Å². The maximum atomic E-state index is 13.4. The van der Waals surface area contributed by atoms with Crippen molar-refractivity contribution in [3.05, 3.63) is 64.3 Å². The first kappa shape index (κ1) is 18.2. The largest absolute Gasteiger partial charge is 0.417 e. The molecule has 0 fully saturated rings. The molecule has 10 heteroatoms. The van der Waals surface area contributed by atoms with E-state index in [0.717, 1.165) is 6.07 Å². The minimum atomic E-state index is -4.69. The summed E-state index contributed by atoms with van der Waals surface area (Å²) >= 11 is 0. The van der Waals surface area contributed by atoms with Gasteiger partial charge in [-0.3, -0.25) is 14.9 Å². The second-order valence-corrected chi connectivity index (χ2v) is 4.86. The minimum absolute atomic E-state index is 0.191. The predicted octanol–water partition coefficient (Wildman–Crippen LogP) is 2.35. The first-order valence-corrected chi connectivity index (χ1v) is 6.80. The van der Waals surface area contributed by atoms with E-state index in [1.54, 1.807) is 5.32 Å². The zero-order valence-corrected chi connectivity index (χ0v) is 12.4. The predicted molar refractivity (Wildman–Crippen MR) is 79.3 cm³/mol. The summed E-state index contributed by atoms with van der Waals surface area (Å²) in [4.78, 5) is 34.8. The van der Waals surface area contributed by atoms with Crippen molar-refractivity contribution < 1.29 is 27.2 Å². The van der Waals surface area contributed by atoms with Crippen LogP contribution in [0.1, 0.15) is 5.56 Å². The van der Waals surface area contributed by atoms with E-state index in [2.05, 4.69) is 5.32 Å². The van der Waals surface area contributed by atoms with Gasteiger partial charge in [-0.2, -0.15) is 13.2 Å². The van der Waals surface area contributed by atoms with Crippen LogP contribution in [0.2, 0.25) is 0 Å². The van der Waals surface area contributed by atoms with Crippen LogP contribution in [0.25, 0.3) is 0 Å². The highest BCUT2D eigenvalue weighted by Gasteiger charge is 2.31. The van der Waals surface area contributed by atoms with Gasteiger partial charge in [0.15, 0.2) is 0 Å². The topological polar surface area (TPSA) is 80.2 Å². The van der Waals surface area contributed by atoms with Crippen molar-refractivity contribution in [1.29, 1.82) is 0 Å². The number of nitrogens with one attached hydrogen (secondary N) is 2. The summed E-state index contributed by atoms with van der Waals surface area (Å²) in [5, 5.41) is 3.86. The van der Waals surface area contributed by atoms with E-state index in [1.165, 1.54) is 18.2 Å². The van der Waals surface area contributed by atoms with Gasteiger partial charge in [-0.1, -0.05) is 12.1 Å². The zero-order valence-electron chi connectivity index (χ0n) is 12.4. The Morgan fingerprint density at radius 2 is 1.76 bits per heavy atom. The highest BCUT2D eigenvalue weighted by Crippen LogP contribution is 2.27. The number of imide groups is 1. The number of carbonyl (C=O) groups is 2. The van der Waals surface area contributed by atoms with E-state index in [4.69, 9.17) is 0 Å². The summed E-state index contributed by atoms with van der Waals surface area (Å²) in [6, 6.07) is 5.33. The van der Waals surface area contributed by atoms with Crippen molar-refractivity contribution in [2.45, 2.75) is 12.7 Å². The average molecular weight is 357 g/mol. The summed E-state index contributed by atoms with van der Waals surface area (Å²) in [6.07, 6.45) is -4.22. The van der Waals surface area contributed by atoms with Crippen LogP contribution in [0.5, 0.6) is 0 Å². The number of pyridine rings is 1. The Bertz CT molecular complexity index is 862. The fourth-order valence-corrected chi connectivity index (χ4v) is 1.86. The summed E-state index contributed by atoms with van der Waals surface area (Å²) in [6.45, 7) is -0.812. The number of nitrogens with zero attached hydrogens (tertiary/aromatic N) is 1. The van der Waals surface area contributed by atoms with E-state index in [1.807, 2.05) is 0 Å². The number of para-hydroxylation sites is 1. The van der Waals surface area contributed by atoms with Gasteiger partial charge in [0.05, 0.1) is 11.3 Å². The Morgan fingerprint density at radius 3 is 2.40 bits per heavy atom. The second-order valence-electron chi connectivity index (χ2n) is 4.86. The molecule has 2 N–H and O–H groups in total. The molecule has 0 radical (unpaired) electrons. The number of hydrogen-bond acceptors (Lipinski definition) is 3. The lowest BCUT2D eigenvalue weighted by Crippen LogP contribution is -2.38. The van der Waals surface area contributed by atoms with Gasteiger partial charge in [0.25, 0.3) is 5.56 Å². The molecule has 0 saturated carbocycles. The SMILES string of the molecule is O=C(Cn1cc(C(F)(F)F)ccc1=O)NC(=O)Nc1ccccc1F. The van der Waals surface area contributed by atoms with Crippen molar-refractivity contribution >= 4 is 17.6 Å². The Hall–Kier alpha value is -3.17. The molecule has 1 heterocycles. The molecule has 0 aliphatic carbocycles. The summed E-state index contributed by atoms with van der Waals surface area (Å²) in [7, 11) is 0. The minimum Gasteiger partial charge on any atom is -0.305 e. The number of rotatable bonds is 3. The Kier molecular flexibility index (Phi) is 5.20. The maximum absolute atomic E-state index is 13.4. The molecule has 3 amide bonds. The maximum Gasteiger partial charge on any atom is 0.417 e. The van der Waals surface area contributed by atoms with Crippen molar-refractivity contribution in [2.75, 3.05) is 5.32 Å². The monoisotopic (exact) mass is 357 g/mol. The van der Waals surface area contributed by atoms with Crippen LogP contribution in [-0.4, -0.2) is 16.5 Å². The molecule has 1 aromatic heterocycles. The number of aromatic nitrogens is 1. The molecular weight excluding hydrogens is 346 g/mol. The zero-order chi connectivity index (χ0) is 18.6. The summed E-state index contributed by atoms with van der Waals surface area (Å²) in [5.74, 6) is -1.78. The standard InChI is InChI=1S/C15H11F4N3O3/c16-10-3-1-2-4-11(10)20-14(25)21-12(23)8-22-7-9(15(17,18)19)5-6-13(22)24/h1-7H,8H2,(H2,20,21,23,25). The summed E-state index contributed by atoms with van der Waals surface area (Å²) in [5.41, 5.74) is -2.16. The average Bonchev–Trinajstić information content (AvgIpc) is 2.50. The van der Waals surface area contributed by atoms with Gasteiger partial charge in [-0.05, 0) is 18.2 Å². The van der Waals surface area contributed by atoms with Crippen molar-refractivity contribution in [3.63, 3.8) is 0 Å². The van der Waals surface area contributed by atoms with E-state index in [-0.39, 0.29) is 5.69 Å². The number of anilines is 1. The van der Waals surface area contributed by atoms with Crippen LogP contribution < -0.4 is 16.2 Å². The molecule has 1 aromatic carbocycles. The third kappa shape index (κ3) is 4.90. The Balaban J connectivity index is 2.04. The van der Waals surface area contributed by atoms with Gasteiger partial charge < -0.3 is 9.88 Å². The highest BCUT2D eigenvalue weighted by atomic mass is 19.4. The van der Waals surface area contributed by atoms with Gasteiger partial charge in [0.1, 0.15) is 12.4 Å². The molecule has 25 heavy (non-hydrogen) atoms. The Labute approximate surface area is 138 Å². The molecular formula is C15H11F4N3O3. The fraction of sp³-hybridized carbons (Fsp3) is 0.133. The van der Waals surface area contributed by atoms with E-state index in [9.17, 15) is 31.9 Å². The molecule has 6 nitrogen and oxygen atoms in total. The van der Waals surface area contributed by atoms with Crippen LogP contribution in [0.4, 0.5) is 28.0 Å². The second kappa shape index (κ2) is 7.16. The number of urea groups is 1. The first-order valence-electron chi connectivity index (χ1n) is 6.80. The third-order valence-electron chi connectivity index (χ3n) is 3.00. The van der Waals surface area contributed by atoms with Gasteiger partial charge in [-0.15, -0.1) is 0 Å². The van der Waals surface area contributed by atoms with Gasteiger partial charge >= 0.3 is 12.2 Å². The molecule has 2 aromatic rings. The Morgan fingerprint density at radius 1 is 1.08 bits per heavy atom. The lowest BCUT2D eigenvalue weighted by molar-refractivity contribution is -0.138. The number of alkyl halides is 3. The molecule has 0 unspecified atom stereocenters. The molecule has 0 bridgehead atoms. The molecule has 0 aliphatic rings. The molecule has 0 spiro atoms. The number of carbonyl (C=O) groups excluding carboxylic acids is 2. The molecule has 0 aliphatic heterocycles. The van der Waals surface area contributed by atoms with Crippen molar-refractivity contribution in [2.24, 2.45) is 0 Å². The van der Waals surface area contributed by atoms with Crippen LogP contribution in [0, 0.1) is 5.82 Å². The molecule has 0 saturated heterocycles. The van der Waals surface area contributed by atoms with Crippen molar-refractivity contribution in [1.82, 2.24) is 9.88 Å².